The van der Waals surface area contributed by atoms with E-state index in [1.54, 1.807) is 0 Å². The average Bonchev–Trinajstić information content (AvgIpc) is 2.21. The lowest BCUT2D eigenvalue weighted by Crippen LogP contribution is -2.36. The lowest BCUT2D eigenvalue weighted by Gasteiger charge is -2.29. The fourth-order valence-electron chi connectivity index (χ4n) is 1.98. The fraction of sp³-hybridized carbons (Fsp3) is 0.417. The van der Waals surface area contributed by atoms with Crippen molar-refractivity contribution in [1.82, 2.24) is 4.90 Å². The molecule has 2 rings (SSSR count). The molecule has 0 atom stereocenters. The molecule has 0 saturated heterocycles. The second kappa shape index (κ2) is 4.35. The van der Waals surface area contributed by atoms with Crippen molar-refractivity contribution in [2.24, 2.45) is 0 Å². The van der Waals surface area contributed by atoms with Gasteiger partial charge in [0.25, 0.3) is 0 Å². The summed E-state index contributed by atoms with van der Waals surface area (Å²) in [6, 6.07) is 6.14. The van der Waals surface area contributed by atoms with E-state index < -0.39 is 0 Å². The first kappa shape index (κ1) is 10.7. The van der Waals surface area contributed by atoms with E-state index in [1.165, 1.54) is 5.56 Å². The lowest BCUT2D eigenvalue weighted by atomic mass is 9.99. The molecule has 1 amide bonds. The zero-order valence-electron chi connectivity index (χ0n) is 8.79. The number of rotatable bonds is 2. The molecule has 0 spiro atoms. The summed E-state index contributed by atoms with van der Waals surface area (Å²) in [4.78, 5) is 13.7. The Hall–Kier alpha value is -0.830. The number of nitrogens with zero attached hydrogens (tertiary/aromatic N) is 1. The van der Waals surface area contributed by atoms with Crippen LogP contribution in [0.4, 0.5) is 0 Å². The number of amides is 1. The highest BCUT2D eigenvalue weighted by atomic mass is 79.9. The van der Waals surface area contributed by atoms with E-state index in [-0.39, 0.29) is 5.91 Å². The normalized spacial score (nSPS) is 15.3. The molecule has 15 heavy (non-hydrogen) atoms. The minimum Gasteiger partial charge on any atom is -0.338 e. The molecule has 0 fully saturated rings. The molecule has 1 aliphatic rings. The Morgan fingerprint density at radius 3 is 3.00 bits per heavy atom. The van der Waals surface area contributed by atoms with Gasteiger partial charge in [0.2, 0.25) is 5.91 Å². The van der Waals surface area contributed by atoms with Gasteiger partial charge in [0.05, 0.1) is 6.42 Å². The highest BCUT2D eigenvalue weighted by Crippen LogP contribution is 2.26. The summed E-state index contributed by atoms with van der Waals surface area (Å²) in [5, 5.41) is 0. The summed E-state index contributed by atoms with van der Waals surface area (Å²) in [6.45, 7) is 3.73. The van der Waals surface area contributed by atoms with Gasteiger partial charge in [-0.25, -0.2) is 0 Å². The molecule has 1 aromatic carbocycles. The van der Waals surface area contributed by atoms with E-state index in [1.807, 2.05) is 17.0 Å². The van der Waals surface area contributed by atoms with Crippen molar-refractivity contribution in [3.8, 4) is 0 Å². The first-order valence-electron chi connectivity index (χ1n) is 5.26. The molecule has 0 N–H and O–H groups in total. The van der Waals surface area contributed by atoms with Gasteiger partial charge in [-0.1, -0.05) is 35.0 Å². The largest absolute Gasteiger partial charge is 0.338 e. The number of halogens is 1. The van der Waals surface area contributed by atoms with E-state index in [0.717, 1.165) is 29.5 Å². The zero-order chi connectivity index (χ0) is 10.8. The Morgan fingerprint density at radius 1 is 1.47 bits per heavy atom. The third-order valence-electron chi connectivity index (χ3n) is 2.75. The molecule has 0 unspecified atom stereocenters. The van der Waals surface area contributed by atoms with Crippen molar-refractivity contribution in [2.45, 2.75) is 26.3 Å². The van der Waals surface area contributed by atoms with Gasteiger partial charge in [-0.2, -0.15) is 0 Å². The fourth-order valence-corrected chi connectivity index (χ4v) is 2.53. The first-order valence-corrected chi connectivity index (χ1v) is 6.05. The maximum atomic E-state index is 11.8. The van der Waals surface area contributed by atoms with Gasteiger partial charge < -0.3 is 4.90 Å². The van der Waals surface area contributed by atoms with Gasteiger partial charge >= 0.3 is 0 Å². The van der Waals surface area contributed by atoms with Crippen LogP contribution in [0.3, 0.4) is 0 Å². The summed E-state index contributed by atoms with van der Waals surface area (Å²) in [6.07, 6.45) is 1.56. The van der Waals surface area contributed by atoms with Gasteiger partial charge in [-0.05, 0) is 23.6 Å². The Bertz CT molecular complexity index is 389. The van der Waals surface area contributed by atoms with Crippen LogP contribution >= 0.6 is 15.9 Å². The van der Waals surface area contributed by atoms with Gasteiger partial charge in [0.15, 0.2) is 0 Å². The molecule has 2 nitrogen and oxygen atoms in total. The maximum absolute atomic E-state index is 11.8. The Balaban J connectivity index is 2.30. The Kier molecular flexibility index (Phi) is 3.10. The predicted molar refractivity (Wildman–Crippen MR) is 63.6 cm³/mol. The van der Waals surface area contributed by atoms with Crippen molar-refractivity contribution in [1.29, 1.82) is 0 Å². The van der Waals surface area contributed by atoms with Crippen LogP contribution in [0.5, 0.6) is 0 Å². The molecule has 0 bridgehead atoms. The van der Waals surface area contributed by atoms with Gasteiger partial charge in [0, 0.05) is 17.6 Å². The van der Waals surface area contributed by atoms with Crippen molar-refractivity contribution in [3.05, 3.63) is 33.8 Å². The number of carbonyl (C=O) groups is 1. The van der Waals surface area contributed by atoms with Crippen LogP contribution < -0.4 is 0 Å². The van der Waals surface area contributed by atoms with Crippen molar-refractivity contribution in [3.63, 3.8) is 0 Å². The average molecular weight is 268 g/mol. The van der Waals surface area contributed by atoms with Crippen LogP contribution in [0.1, 0.15) is 24.5 Å². The van der Waals surface area contributed by atoms with E-state index in [0.29, 0.717) is 6.42 Å². The minimum atomic E-state index is 0.247. The lowest BCUT2D eigenvalue weighted by molar-refractivity contribution is -0.131. The molecule has 80 valence electrons. The summed E-state index contributed by atoms with van der Waals surface area (Å²) >= 11 is 3.50. The molecule has 3 heteroatoms. The van der Waals surface area contributed by atoms with Gasteiger partial charge in [-0.15, -0.1) is 0 Å². The van der Waals surface area contributed by atoms with E-state index in [2.05, 4.69) is 28.9 Å². The molecule has 1 aliphatic heterocycles. The topological polar surface area (TPSA) is 20.3 Å². The van der Waals surface area contributed by atoms with E-state index in [4.69, 9.17) is 0 Å². The van der Waals surface area contributed by atoms with Crippen molar-refractivity contribution >= 4 is 21.8 Å². The summed E-state index contributed by atoms with van der Waals surface area (Å²) < 4.78 is 1.06. The smallest absolute Gasteiger partial charge is 0.227 e. The van der Waals surface area contributed by atoms with Crippen molar-refractivity contribution in [2.75, 3.05) is 6.54 Å². The summed E-state index contributed by atoms with van der Waals surface area (Å²) in [5.74, 6) is 0.247. The number of benzene rings is 1. The predicted octanol–water partition coefficient (Wildman–Crippen LogP) is 2.74. The summed E-state index contributed by atoms with van der Waals surface area (Å²) in [5.41, 5.74) is 2.44. The first-order chi connectivity index (χ1) is 7.22. The molecule has 0 saturated carbocycles. The number of hydrogen-bond donors (Lipinski definition) is 0. The van der Waals surface area contributed by atoms with Crippen LogP contribution in [-0.4, -0.2) is 17.4 Å². The standard InChI is InChI=1S/C12H14BrNO/c1-2-6-14-8-9-4-3-5-11(13)10(9)7-12(14)15/h3-5H,2,6-8H2,1H3. The highest BCUT2D eigenvalue weighted by molar-refractivity contribution is 9.10. The second-order valence-electron chi connectivity index (χ2n) is 3.87. The Morgan fingerprint density at radius 2 is 2.27 bits per heavy atom. The zero-order valence-corrected chi connectivity index (χ0v) is 10.4. The molecule has 1 aromatic rings. The summed E-state index contributed by atoms with van der Waals surface area (Å²) in [7, 11) is 0. The third kappa shape index (κ3) is 2.07. The van der Waals surface area contributed by atoms with E-state index >= 15 is 0 Å². The van der Waals surface area contributed by atoms with Crippen LogP contribution in [0.15, 0.2) is 22.7 Å². The molecular formula is C12H14BrNO. The maximum Gasteiger partial charge on any atom is 0.227 e. The molecule has 1 heterocycles. The van der Waals surface area contributed by atoms with Crippen LogP contribution in [0.2, 0.25) is 0 Å². The molecule has 0 radical (unpaired) electrons. The van der Waals surface area contributed by atoms with Crippen molar-refractivity contribution < 1.29 is 4.79 Å². The highest BCUT2D eigenvalue weighted by Gasteiger charge is 2.23. The minimum absolute atomic E-state index is 0.247. The molecule has 0 aliphatic carbocycles. The third-order valence-corrected chi connectivity index (χ3v) is 3.49. The quantitative estimate of drug-likeness (QED) is 0.807. The number of fused-ring (bicyclic) bond motifs is 1. The number of hydrogen-bond acceptors (Lipinski definition) is 1. The molecule has 0 aromatic heterocycles. The van der Waals surface area contributed by atoms with Crippen LogP contribution in [0.25, 0.3) is 0 Å². The monoisotopic (exact) mass is 267 g/mol. The van der Waals surface area contributed by atoms with Crippen LogP contribution in [0, 0.1) is 0 Å². The Labute approximate surface area is 98.4 Å². The molecular weight excluding hydrogens is 254 g/mol. The number of carbonyl (C=O) groups excluding carboxylic acids is 1. The van der Waals surface area contributed by atoms with E-state index in [9.17, 15) is 4.79 Å². The second-order valence-corrected chi connectivity index (χ2v) is 4.72. The SMILES string of the molecule is CCCN1Cc2cccc(Br)c2CC1=O. The van der Waals surface area contributed by atoms with Crippen LogP contribution in [-0.2, 0) is 17.8 Å². The van der Waals surface area contributed by atoms with Gasteiger partial charge in [0.1, 0.15) is 0 Å². The van der Waals surface area contributed by atoms with Gasteiger partial charge in [-0.3, -0.25) is 4.79 Å².